The third-order valence-corrected chi connectivity index (χ3v) is 2.03. The Morgan fingerprint density at radius 2 is 1.91 bits per heavy atom. The van der Waals surface area contributed by atoms with E-state index in [2.05, 4.69) is 6.07 Å². The van der Waals surface area contributed by atoms with Crippen molar-refractivity contribution >= 4 is 11.6 Å². The van der Waals surface area contributed by atoms with Gasteiger partial charge in [0.15, 0.2) is 0 Å². The van der Waals surface area contributed by atoms with Gasteiger partial charge in [-0.3, -0.25) is 0 Å². The number of aryl methyl sites for hydroxylation is 2. The van der Waals surface area contributed by atoms with Gasteiger partial charge in [-0.25, -0.2) is 0 Å². The van der Waals surface area contributed by atoms with Gasteiger partial charge in [0, 0.05) is 5.02 Å². The molecule has 1 aromatic carbocycles. The minimum atomic E-state index is 0.701. The highest BCUT2D eigenvalue weighted by atomic mass is 35.5. The van der Waals surface area contributed by atoms with Gasteiger partial charge in [-0.15, -0.1) is 0 Å². The van der Waals surface area contributed by atoms with Crippen molar-refractivity contribution in [1.82, 2.24) is 0 Å². The molecule has 0 aliphatic heterocycles. The van der Waals surface area contributed by atoms with Crippen molar-refractivity contribution in [2.24, 2.45) is 0 Å². The van der Waals surface area contributed by atoms with Gasteiger partial charge in [0.1, 0.15) is 0 Å². The molecule has 2 heteroatoms. The number of rotatable bonds is 0. The summed E-state index contributed by atoms with van der Waals surface area (Å²) in [4.78, 5) is 0. The highest BCUT2D eigenvalue weighted by molar-refractivity contribution is 6.31. The molecule has 0 fully saturated rings. The molecule has 0 bridgehead atoms. The van der Waals surface area contributed by atoms with Crippen LogP contribution in [0.5, 0.6) is 0 Å². The van der Waals surface area contributed by atoms with E-state index in [1.54, 1.807) is 6.07 Å². The summed E-state index contributed by atoms with van der Waals surface area (Å²) >= 11 is 5.83. The highest BCUT2D eigenvalue weighted by Gasteiger charge is 2.00. The van der Waals surface area contributed by atoms with E-state index in [9.17, 15) is 0 Å². The van der Waals surface area contributed by atoms with E-state index in [0.29, 0.717) is 5.56 Å². The van der Waals surface area contributed by atoms with Crippen LogP contribution in [-0.4, -0.2) is 0 Å². The van der Waals surface area contributed by atoms with Crippen molar-refractivity contribution in [1.29, 1.82) is 5.26 Å². The normalized spacial score (nSPS) is 9.27. The first-order valence-electron chi connectivity index (χ1n) is 3.32. The first-order valence-corrected chi connectivity index (χ1v) is 3.70. The Bertz CT molecular complexity index is 323. The molecular weight excluding hydrogens is 158 g/mol. The SMILES string of the molecule is Cc1cc(C#N)c(C)cc1Cl. The van der Waals surface area contributed by atoms with Gasteiger partial charge in [0.25, 0.3) is 0 Å². The molecule has 0 unspecified atom stereocenters. The average molecular weight is 166 g/mol. The Morgan fingerprint density at radius 3 is 2.45 bits per heavy atom. The summed E-state index contributed by atoms with van der Waals surface area (Å²) in [5.74, 6) is 0. The van der Waals surface area contributed by atoms with E-state index in [1.165, 1.54) is 0 Å². The number of hydrogen-bond donors (Lipinski definition) is 0. The Balaban J connectivity index is 3.35. The van der Waals surface area contributed by atoms with Crippen LogP contribution in [0.15, 0.2) is 12.1 Å². The fourth-order valence-electron chi connectivity index (χ4n) is 0.901. The third-order valence-electron chi connectivity index (χ3n) is 1.63. The van der Waals surface area contributed by atoms with Gasteiger partial charge >= 0.3 is 0 Å². The third kappa shape index (κ3) is 1.53. The number of nitriles is 1. The van der Waals surface area contributed by atoms with E-state index in [0.717, 1.165) is 16.1 Å². The summed E-state index contributed by atoms with van der Waals surface area (Å²) in [5.41, 5.74) is 2.59. The lowest BCUT2D eigenvalue weighted by Crippen LogP contribution is -1.84. The average Bonchev–Trinajstić information content (AvgIpc) is 1.97. The van der Waals surface area contributed by atoms with Gasteiger partial charge in [-0.2, -0.15) is 5.26 Å². The van der Waals surface area contributed by atoms with Crippen LogP contribution in [0.2, 0.25) is 5.02 Å². The molecule has 0 spiro atoms. The zero-order valence-corrected chi connectivity index (χ0v) is 7.24. The molecule has 0 radical (unpaired) electrons. The number of halogens is 1. The van der Waals surface area contributed by atoms with E-state index in [4.69, 9.17) is 16.9 Å². The molecule has 0 aliphatic rings. The van der Waals surface area contributed by atoms with E-state index in [-0.39, 0.29) is 0 Å². The molecule has 0 saturated heterocycles. The van der Waals surface area contributed by atoms with Crippen LogP contribution in [0, 0.1) is 25.2 Å². The number of benzene rings is 1. The predicted octanol–water partition coefficient (Wildman–Crippen LogP) is 2.83. The van der Waals surface area contributed by atoms with E-state index >= 15 is 0 Å². The number of hydrogen-bond acceptors (Lipinski definition) is 1. The summed E-state index contributed by atoms with van der Waals surface area (Å²) < 4.78 is 0. The molecule has 0 atom stereocenters. The van der Waals surface area contributed by atoms with Crippen LogP contribution in [0.4, 0.5) is 0 Å². The monoisotopic (exact) mass is 165 g/mol. The quantitative estimate of drug-likeness (QED) is 0.580. The second-order valence-electron chi connectivity index (χ2n) is 2.53. The first-order chi connectivity index (χ1) is 5.15. The molecule has 11 heavy (non-hydrogen) atoms. The summed E-state index contributed by atoms with van der Waals surface area (Å²) in [6.45, 7) is 3.77. The highest BCUT2D eigenvalue weighted by Crippen LogP contribution is 2.19. The minimum Gasteiger partial charge on any atom is -0.192 e. The Kier molecular flexibility index (Phi) is 2.16. The largest absolute Gasteiger partial charge is 0.192 e. The summed E-state index contributed by atoms with van der Waals surface area (Å²) in [6.07, 6.45) is 0. The second-order valence-corrected chi connectivity index (χ2v) is 2.94. The zero-order valence-electron chi connectivity index (χ0n) is 6.48. The minimum absolute atomic E-state index is 0.701. The summed E-state index contributed by atoms with van der Waals surface area (Å²) in [7, 11) is 0. The fourth-order valence-corrected chi connectivity index (χ4v) is 1.12. The molecule has 1 rings (SSSR count). The molecule has 0 N–H and O–H groups in total. The first kappa shape index (κ1) is 8.10. The van der Waals surface area contributed by atoms with Gasteiger partial charge in [-0.1, -0.05) is 11.6 Å². The fraction of sp³-hybridized carbons (Fsp3) is 0.222. The standard InChI is InChI=1S/C9H8ClN/c1-6-4-9(10)7(2)3-8(6)5-11/h3-4H,1-2H3. The lowest BCUT2D eigenvalue weighted by molar-refractivity contribution is 1.35. The predicted molar refractivity (Wildman–Crippen MR) is 45.6 cm³/mol. The maximum absolute atomic E-state index is 8.64. The maximum Gasteiger partial charge on any atom is 0.0994 e. The van der Waals surface area contributed by atoms with Crippen molar-refractivity contribution < 1.29 is 0 Å². The van der Waals surface area contributed by atoms with Crippen LogP contribution in [0.1, 0.15) is 16.7 Å². The van der Waals surface area contributed by atoms with Gasteiger partial charge in [0.2, 0.25) is 0 Å². The molecule has 1 aromatic rings. The molecule has 0 saturated carbocycles. The van der Waals surface area contributed by atoms with Crippen molar-refractivity contribution in [3.8, 4) is 6.07 Å². The van der Waals surface area contributed by atoms with Crippen LogP contribution in [0.25, 0.3) is 0 Å². The van der Waals surface area contributed by atoms with Gasteiger partial charge in [0.05, 0.1) is 11.6 Å². The molecule has 56 valence electrons. The number of nitrogens with zero attached hydrogens (tertiary/aromatic N) is 1. The Labute approximate surface area is 71.2 Å². The second kappa shape index (κ2) is 2.94. The lowest BCUT2D eigenvalue weighted by atomic mass is 10.1. The molecular formula is C9H8ClN. The van der Waals surface area contributed by atoms with Crippen LogP contribution in [0.3, 0.4) is 0 Å². The van der Waals surface area contributed by atoms with Crippen LogP contribution in [-0.2, 0) is 0 Å². The van der Waals surface area contributed by atoms with Crippen LogP contribution < -0.4 is 0 Å². The molecule has 1 nitrogen and oxygen atoms in total. The lowest BCUT2D eigenvalue weighted by Gasteiger charge is -2.00. The molecule has 0 aliphatic carbocycles. The van der Waals surface area contributed by atoms with Crippen molar-refractivity contribution in [2.75, 3.05) is 0 Å². The van der Waals surface area contributed by atoms with Crippen molar-refractivity contribution in [3.63, 3.8) is 0 Å². The summed E-state index contributed by atoms with van der Waals surface area (Å²) in [6, 6.07) is 5.72. The van der Waals surface area contributed by atoms with Crippen molar-refractivity contribution in [2.45, 2.75) is 13.8 Å². The molecule has 0 heterocycles. The van der Waals surface area contributed by atoms with Crippen LogP contribution >= 0.6 is 11.6 Å². The maximum atomic E-state index is 8.64. The molecule has 0 aromatic heterocycles. The summed E-state index contributed by atoms with van der Waals surface area (Å²) in [5, 5.41) is 9.36. The topological polar surface area (TPSA) is 23.8 Å². The van der Waals surface area contributed by atoms with Gasteiger partial charge in [-0.05, 0) is 37.1 Å². The van der Waals surface area contributed by atoms with Gasteiger partial charge < -0.3 is 0 Å². The van der Waals surface area contributed by atoms with Crippen molar-refractivity contribution in [3.05, 3.63) is 33.8 Å². The Hall–Kier alpha value is -1.000. The van der Waals surface area contributed by atoms with E-state index in [1.807, 2.05) is 19.9 Å². The van der Waals surface area contributed by atoms with E-state index < -0.39 is 0 Å². The Morgan fingerprint density at radius 1 is 1.27 bits per heavy atom. The zero-order chi connectivity index (χ0) is 8.43. The molecule has 0 amide bonds. The smallest absolute Gasteiger partial charge is 0.0994 e.